The zero-order chi connectivity index (χ0) is 9.84. The summed E-state index contributed by atoms with van der Waals surface area (Å²) in [5.41, 5.74) is 7.63. The summed E-state index contributed by atoms with van der Waals surface area (Å²) in [6, 6.07) is 3.90. The number of aryl methyl sites for hydroxylation is 1. The minimum atomic E-state index is 0.515. The number of ether oxygens (including phenoxy) is 2. The molecule has 0 aliphatic rings. The molecule has 0 aliphatic heterocycles. The van der Waals surface area contributed by atoms with Crippen molar-refractivity contribution in [1.29, 1.82) is 0 Å². The molecule has 1 aromatic rings. The Morgan fingerprint density at radius 2 is 1.92 bits per heavy atom. The molecule has 2 N–H and O–H groups in total. The Labute approximate surface area is 78.5 Å². The highest BCUT2D eigenvalue weighted by Gasteiger charge is 2.07. The van der Waals surface area contributed by atoms with Crippen LogP contribution in [0, 0.1) is 6.92 Å². The van der Waals surface area contributed by atoms with Gasteiger partial charge in [0.1, 0.15) is 0 Å². The van der Waals surface area contributed by atoms with Gasteiger partial charge in [0.05, 0.1) is 14.2 Å². The fourth-order valence-electron chi connectivity index (χ4n) is 1.34. The number of methoxy groups -OCH3 is 2. The highest BCUT2D eigenvalue weighted by atomic mass is 16.5. The lowest BCUT2D eigenvalue weighted by molar-refractivity contribution is 0.352. The first-order valence-corrected chi connectivity index (χ1v) is 4.14. The maximum Gasteiger partial charge on any atom is 0.163 e. The second-order valence-corrected chi connectivity index (χ2v) is 2.85. The third-order valence-electron chi connectivity index (χ3n) is 1.96. The standard InChI is InChI=1S/C10H15NO2/c1-7-4-8(6-11)5-9(12-2)10(7)13-3/h4-5H,6,11H2,1-3H3. The zero-order valence-electron chi connectivity index (χ0n) is 8.26. The number of hydrogen-bond donors (Lipinski definition) is 1. The molecule has 3 heteroatoms. The van der Waals surface area contributed by atoms with Crippen molar-refractivity contribution >= 4 is 0 Å². The van der Waals surface area contributed by atoms with Gasteiger partial charge in [0.2, 0.25) is 0 Å². The zero-order valence-corrected chi connectivity index (χ0v) is 8.26. The Morgan fingerprint density at radius 3 is 2.38 bits per heavy atom. The van der Waals surface area contributed by atoms with Crippen molar-refractivity contribution in [3.05, 3.63) is 23.3 Å². The first-order chi connectivity index (χ1) is 6.22. The van der Waals surface area contributed by atoms with E-state index in [1.54, 1.807) is 14.2 Å². The Balaban J connectivity index is 3.20. The van der Waals surface area contributed by atoms with Crippen LogP contribution >= 0.6 is 0 Å². The third kappa shape index (κ3) is 1.92. The van der Waals surface area contributed by atoms with E-state index in [1.807, 2.05) is 19.1 Å². The maximum atomic E-state index is 5.54. The van der Waals surface area contributed by atoms with Crippen LogP contribution in [0.2, 0.25) is 0 Å². The van der Waals surface area contributed by atoms with Gasteiger partial charge in [-0.2, -0.15) is 0 Å². The Hall–Kier alpha value is -1.22. The molecule has 0 aliphatic carbocycles. The van der Waals surface area contributed by atoms with E-state index >= 15 is 0 Å². The molecule has 0 radical (unpaired) electrons. The normalized spacial score (nSPS) is 9.85. The van der Waals surface area contributed by atoms with E-state index in [2.05, 4.69) is 0 Å². The predicted molar refractivity (Wildman–Crippen MR) is 52.2 cm³/mol. The van der Waals surface area contributed by atoms with Gasteiger partial charge in [-0.25, -0.2) is 0 Å². The molecule has 0 saturated carbocycles. The number of benzene rings is 1. The quantitative estimate of drug-likeness (QED) is 0.768. The first-order valence-electron chi connectivity index (χ1n) is 4.14. The first kappa shape index (κ1) is 9.86. The van der Waals surface area contributed by atoms with E-state index in [9.17, 15) is 0 Å². The topological polar surface area (TPSA) is 44.5 Å². The summed E-state index contributed by atoms with van der Waals surface area (Å²) in [7, 11) is 3.25. The second-order valence-electron chi connectivity index (χ2n) is 2.85. The molecule has 0 saturated heterocycles. The Bertz CT molecular complexity index is 297. The summed E-state index contributed by atoms with van der Waals surface area (Å²) in [5.74, 6) is 1.52. The average molecular weight is 181 g/mol. The van der Waals surface area contributed by atoms with Crippen molar-refractivity contribution in [3.8, 4) is 11.5 Å². The molecular formula is C10H15NO2. The van der Waals surface area contributed by atoms with E-state index in [1.165, 1.54) is 0 Å². The van der Waals surface area contributed by atoms with Crippen molar-refractivity contribution in [2.45, 2.75) is 13.5 Å². The van der Waals surface area contributed by atoms with Gasteiger partial charge < -0.3 is 15.2 Å². The molecule has 0 spiro atoms. The third-order valence-corrected chi connectivity index (χ3v) is 1.96. The van der Waals surface area contributed by atoms with Crippen LogP contribution < -0.4 is 15.2 Å². The predicted octanol–water partition coefficient (Wildman–Crippen LogP) is 1.47. The second kappa shape index (κ2) is 4.14. The van der Waals surface area contributed by atoms with Gasteiger partial charge in [0.25, 0.3) is 0 Å². The van der Waals surface area contributed by atoms with Gasteiger partial charge >= 0.3 is 0 Å². The lowest BCUT2D eigenvalue weighted by atomic mass is 10.1. The molecule has 0 heterocycles. The number of rotatable bonds is 3. The van der Waals surface area contributed by atoms with Crippen molar-refractivity contribution in [2.75, 3.05) is 14.2 Å². The van der Waals surface area contributed by atoms with E-state index in [4.69, 9.17) is 15.2 Å². The molecule has 13 heavy (non-hydrogen) atoms. The van der Waals surface area contributed by atoms with Crippen LogP contribution in [-0.4, -0.2) is 14.2 Å². The molecule has 0 aromatic heterocycles. The van der Waals surface area contributed by atoms with Gasteiger partial charge in [0, 0.05) is 6.54 Å². The van der Waals surface area contributed by atoms with Gasteiger partial charge in [-0.05, 0) is 24.1 Å². The average Bonchev–Trinajstić information content (AvgIpc) is 2.16. The lowest BCUT2D eigenvalue weighted by Crippen LogP contribution is -2.00. The minimum absolute atomic E-state index is 0.515. The Morgan fingerprint density at radius 1 is 1.23 bits per heavy atom. The van der Waals surface area contributed by atoms with Gasteiger partial charge in [-0.1, -0.05) is 6.07 Å². The highest BCUT2D eigenvalue weighted by Crippen LogP contribution is 2.31. The van der Waals surface area contributed by atoms with Crippen LogP contribution in [0.4, 0.5) is 0 Å². The van der Waals surface area contributed by atoms with Crippen LogP contribution in [0.1, 0.15) is 11.1 Å². The van der Waals surface area contributed by atoms with Crippen LogP contribution in [0.15, 0.2) is 12.1 Å². The molecule has 1 rings (SSSR count). The van der Waals surface area contributed by atoms with E-state index in [-0.39, 0.29) is 0 Å². The molecule has 0 fully saturated rings. The van der Waals surface area contributed by atoms with Gasteiger partial charge in [0.15, 0.2) is 11.5 Å². The van der Waals surface area contributed by atoms with Crippen molar-refractivity contribution in [2.24, 2.45) is 5.73 Å². The summed E-state index contributed by atoms with van der Waals surface area (Å²) in [4.78, 5) is 0. The largest absolute Gasteiger partial charge is 0.493 e. The van der Waals surface area contributed by atoms with E-state index in [0.29, 0.717) is 6.54 Å². The Kier molecular flexibility index (Phi) is 3.14. The SMILES string of the molecule is COc1cc(CN)cc(C)c1OC. The monoisotopic (exact) mass is 181 g/mol. The molecule has 1 aromatic carbocycles. The summed E-state index contributed by atoms with van der Waals surface area (Å²) in [5, 5.41) is 0. The summed E-state index contributed by atoms with van der Waals surface area (Å²) < 4.78 is 10.4. The smallest absolute Gasteiger partial charge is 0.163 e. The van der Waals surface area contributed by atoms with E-state index in [0.717, 1.165) is 22.6 Å². The highest BCUT2D eigenvalue weighted by molar-refractivity contribution is 5.48. The van der Waals surface area contributed by atoms with Crippen molar-refractivity contribution in [1.82, 2.24) is 0 Å². The fourth-order valence-corrected chi connectivity index (χ4v) is 1.34. The van der Waals surface area contributed by atoms with Crippen LogP contribution in [0.25, 0.3) is 0 Å². The van der Waals surface area contributed by atoms with Crippen LogP contribution in [-0.2, 0) is 6.54 Å². The van der Waals surface area contributed by atoms with Crippen LogP contribution in [0.5, 0.6) is 11.5 Å². The van der Waals surface area contributed by atoms with Crippen LogP contribution in [0.3, 0.4) is 0 Å². The minimum Gasteiger partial charge on any atom is -0.493 e. The molecule has 0 atom stereocenters. The maximum absolute atomic E-state index is 5.54. The summed E-state index contributed by atoms with van der Waals surface area (Å²) in [6.45, 7) is 2.49. The molecule has 0 bridgehead atoms. The summed E-state index contributed by atoms with van der Waals surface area (Å²) in [6.07, 6.45) is 0. The fraction of sp³-hybridized carbons (Fsp3) is 0.400. The molecule has 0 unspecified atom stereocenters. The lowest BCUT2D eigenvalue weighted by Gasteiger charge is -2.11. The molecule has 72 valence electrons. The number of nitrogens with two attached hydrogens (primary N) is 1. The molecule has 0 amide bonds. The van der Waals surface area contributed by atoms with E-state index < -0.39 is 0 Å². The summed E-state index contributed by atoms with van der Waals surface area (Å²) >= 11 is 0. The van der Waals surface area contributed by atoms with Gasteiger partial charge in [-0.3, -0.25) is 0 Å². The molecular weight excluding hydrogens is 166 g/mol. The van der Waals surface area contributed by atoms with Gasteiger partial charge in [-0.15, -0.1) is 0 Å². The van der Waals surface area contributed by atoms with Crippen molar-refractivity contribution in [3.63, 3.8) is 0 Å². The number of hydrogen-bond acceptors (Lipinski definition) is 3. The van der Waals surface area contributed by atoms with Crippen molar-refractivity contribution < 1.29 is 9.47 Å². The molecule has 3 nitrogen and oxygen atoms in total.